The zero-order chi connectivity index (χ0) is 14.6. The van der Waals surface area contributed by atoms with Gasteiger partial charge in [0, 0.05) is 22.8 Å². The number of nitrogens with zero attached hydrogens (tertiary/aromatic N) is 1. The standard InChI is InChI=1S/C17H30N2S/c1-17(2,3)14-6-5-10-19(11-9-14)13-16-8-7-15(20-16)12-18-4/h7-8,14,18H,5-6,9-13H2,1-4H3. The molecular formula is C17H30N2S. The predicted octanol–water partition coefficient (Wildman–Crippen LogP) is 4.12. The molecule has 114 valence electrons. The monoisotopic (exact) mass is 294 g/mol. The first kappa shape index (κ1) is 16.0. The average molecular weight is 295 g/mol. The SMILES string of the molecule is CNCc1ccc(CN2CCCC(C(C)(C)C)CC2)s1. The van der Waals surface area contributed by atoms with E-state index in [0.29, 0.717) is 5.41 Å². The van der Waals surface area contributed by atoms with Gasteiger partial charge in [0.1, 0.15) is 0 Å². The molecule has 1 unspecified atom stereocenters. The van der Waals surface area contributed by atoms with E-state index >= 15 is 0 Å². The summed E-state index contributed by atoms with van der Waals surface area (Å²) in [7, 11) is 2.01. The van der Waals surface area contributed by atoms with Gasteiger partial charge in [-0.2, -0.15) is 0 Å². The lowest BCUT2D eigenvalue weighted by Gasteiger charge is -2.29. The van der Waals surface area contributed by atoms with Crippen molar-refractivity contribution in [3.63, 3.8) is 0 Å². The van der Waals surface area contributed by atoms with Gasteiger partial charge in [-0.05, 0) is 62.9 Å². The minimum absolute atomic E-state index is 0.471. The molecule has 0 spiro atoms. The number of likely N-dealkylation sites (tertiary alicyclic amines) is 1. The lowest BCUT2D eigenvalue weighted by Crippen LogP contribution is -2.25. The van der Waals surface area contributed by atoms with E-state index in [1.54, 1.807) is 0 Å². The summed E-state index contributed by atoms with van der Waals surface area (Å²) in [6.07, 6.45) is 4.12. The van der Waals surface area contributed by atoms with Crippen molar-refractivity contribution >= 4 is 11.3 Å². The maximum atomic E-state index is 3.23. The van der Waals surface area contributed by atoms with Crippen LogP contribution in [0.25, 0.3) is 0 Å². The molecule has 2 rings (SSSR count). The van der Waals surface area contributed by atoms with Gasteiger partial charge in [0.25, 0.3) is 0 Å². The third-order valence-corrected chi connectivity index (χ3v) is 5.56. The lowest BCUT2D eigenvalue weighted by molar-refractivity contribution is 0.207. The van der Waals surface area contributed by atoms with E-state index in [2.05, 4.69) is 43.1 Å². The van der Waals surface area contributed by atoms with Gasteiger partial charge in [0.2, 0.25) is 0 Å². The molecule has 1 fully saturated rings. The topological polar surface area (TPSA) is 15.3 Å². The Balaban J connectivity index is 1.87. The highest BCUT2D eigenvalue weighted by Gasteiger charge is 2.27. The number of hydrogen-bond acceptors (Lipinski definition) is 3. The number of rotatable bonds is 4. The first-order chi connectivity index (χ1) is 9.49. The summed E-state index contributed by atoms with van der Waals surface area (Å²) < 4.78 is 0. The molecule has 0 radical (unpaired) electrons. The van der Waals surface area contributed by atoms with Crippen molar-refractivity contribution < 1.29 is 0 Å². The molecule has 0 saturated carbocycles. The second kappa shape index (κ2) is 7.06. The van der Waals surface area contributed by atoms with Crippen LogP contribution in [0.1, 0.15) is 49.8 Å². The van der Waals surface area contributed by atoms with Crippen LogP contribution in [-0.2, 0) is 13.1 Å². The van der Waals surface area contributed by atoms with Gasteiger partial charge in [-0.15, -0.1) is 11.3 Å². The van der Waals surface area contributed by atoms with Gasteiger partial charge in [-0.25, -0.2) is 0 Å². The maximum Gasteiger partial charge on any atom is 0.0328 e. The Morgan fingerprint density at radius 2 is 1.95 bits per heavy atom. The predicted molar refractivity (Wildman–Crippen MR) is 89.2 cm³/mol. The van der Waals surface area contributed by atoms with Crippen LogP contribution in [0.4, 0.5) is 0 Å². The molecule has 1 aliphatic rings. The minimum atomic E-state index is 0.471. The Morgan fingerprint density at radius 3 is 2.65 bits per heavy atom. The van der Waals surface area contributed by atoms with Crippen molar-refractivity contribution in [1.29, 1.82) is 0 Å². The smallest absolute Gasteiger partial charge is 0.0328 e. The van der Waals surface area contributed by atoms with E-state index in [1.165, 1.54) is 42.1 Å². The van der Waals surface area contributed by atoms with Crippen molar-refractivity contribution in [2.24, 2.45) is 11.3 Å². The minimum Gasteiger partial charge on any atom is -0.315 e. The van der Waals surface area contributed by atoms with E-state index in [0.717, 1.165) is 19.0 Å². The molecular weight excluding hydrogens is 264 g/mol. The molecule has 0 bridgehead atoms. The summed E-state index contributed by atoms with van der Waals surface area (Å²) in [6, 6.07) is 4.58. The number of hydrogen-bond donors (Lipinski definition) is 1. The van der Waals surface area contributed by atoms with Crippen molar-refractivity contribution in [1.82, 2.24) is 10.2 Å². The zero-order valence-electron chi connectivity index (χ0n) is 13.5. The van der Waals surface area contributed by atoms with Crippen LogP contribution in [0.15, 0.2) is 12.1 Å². The van der Waals surface area contributed by atoms with Crippen molar-refractivity contribution in [2.45, 2.75) is 53.1 Å². The molecule has 2 heterocycles. The summed E-state index contributed by atoms with van der Waals surface area (Å²) in [4.78, 5) is 5.62. The fourth-order valence-electron chi connectivity index (χ4n) is 3.18. The molecule has 0 amide bonds. The molecule has 0 aliphatic carbocycles. The Labute approximate surface area is 128 Å². The van der Waals surface area contributed by atoms with Gasteiger partial charge in [-0.1, -0.05) is 20.8 Å². The van der Waals surface area contributed by atoms with E-state index in [9.17, 15) is 0 Å². The highest BCUT2D eigenvalue weighted by Crippen LogP contribution is 2.34. The van der Waals surface area contributed by atoms with Gasteiger partial charge in [-0.3, -0.25) is 4.90 Å². The molecule has 1 aromatic rings. The van der Waals surface area contributed by atoms with Crippen molar-refractivity contribution in [3.05, 3.63) is 21.9 Å². The highest BCUT2D eigenvalue weighted by molar-refractivity contribution is 7.11. The van der Waals surface area contributed by atoms with Crippen LogP contribution in [0.2, 0.25) is 0 Å². The normalized spacial score (nSPS) is 21.9. The van der Waals surface area contributed by atoms with Gasteiger partial charge in [0.05, 0.1) is 0 Å². The van der Waals surface area contributed by atoms with Crippen LogP contribution < -0.4 is 5.32 Å². The Kier molecular flexibility index (Phi) is 5.65. The van der Waals surface area contributed by atoms with Crippen LogP contribution in [0, 0.1) is 11.3 Å². The fraction of sp³-hybridized carbons (Fsp3) is 0.765. The molecule has 1 aromatic heterocycles. The molecule has 3 heteroatoms. The number of thiophene rings is 1. The average Bonchev–Trinajstić information content (AvgIpc) is 2.65. The number of nitrogens with one attached hydrogen (secondary N) is 1. The summed E-state index contributed by atoms with van der Waals surface area (Å²) in [6.45, 7) is 11.9. The lowest BCUT2D eigenvalue weighted by atomic mass is 9.77. The van der Waals surface area contributed by atoms with Gasteiger partial charge >= 0.3 is 0 Å². The molecule has 1 N–H and O–H groups in total. The molecule has 0 aromatic carbocycles. The largest absolute Gasteiger partial charge is 0.315 e. The second-order valence-electron chi connectivity index (χ2n) is 7.17. The first-order valence-corrected chi connectivity index (χ1v) is 8.75. The second-order valence-corrected chi connectivity index (χ2v) is 8.42. The molecule has 1 aliphatic heterocycles. The van der Waals surface area contributed by atoms with E-state index in [-0.39, 0.29) is 0 Å². The van der Waals surface area contributed by atoms with E-state index in [4.69, 9.17) is 0 Å². The third kappa shape index (κ3) is 4.57. The Hall–Kier alpha value is -0.380. The molecule has 1 atom stereocenters. The van der Waals surface area contributed by atoms with Crippen molar-refractivity contribution in [3.8, 4) is 0 Å². The quantitative estimate of drug-likeness (QED) is 0.899. The maximum absolute atomic E-state index is 3.23. The van der Waals surface area contributed by atoms with Crippen molar-refractivity contribution in [2.75, 3.05) is 20.1 Å². The van der Waals surface area contributed by atoms with Crippen LogP contribution >= 0.6 is 11.3 Å². The molecule has 2 nitrogen and oxygen atoms in total. The van der Waals surface area contributed by atoms with Crippen LogP contribution in [0.3, 0.4) is 0 Å². The summed E-state index contributed by atoms with van der Waals surface area (Å²) in [5.74, 6) is 0.885. The highest BCUT2D eigenvalue weighted by atomic mass is 32.1. The van der Waals surface area contributed by atoms with Gasteiger partial charge < -0.3 is 5.32 Å². The Bertz CT molecular complexity index is 405. The first-order valence-electron chi connectivity index (χ1n) is 7.93. The van der Waals surface area contributed by atoms with Crippen LogP contribution in [-0.4, -0.2) is 25.0 Å². The Morgan fingerprint density at radius 1 is 1.20 bits per heavy atom. The summed E-state index contributed by atoms with van der Waals surface area (Å²) in [5.41, 5.74) is 0.471. The van der Waals surface area contributed by atoms with Gasteiger partial charge in [0.15, 0.2) is 0 Å². The summed E-state index contributed by atoms with van der Waals surface area (Å²) in [5, 5.41) is 3.23. The van der Waals surface area contributed by atoms with Crippen LogP contribution in [0.5, 0.6) is 0 Å². The van der Waals surface area contributed by atoms with E-state index in [1.807, 2.05) is 18.4 Å². The fourth-order valence-corrected chi connectivity index (χ4v) is 4.25. The zero-order valence-corrected chi connectivity index (χ0v) is 14.4. The molecule has 20 heavy (non-hydrogen) atoms. The molecule has 1 saturated heterocycles. The summed E-state index contributed by atoms with van der Waals surface area (Å²) >= 11 is 1.96. The van der Waals surface area contributed by atoms with E-state index < -0.39 is 0 Å². The third-order valence-electron chi connectivity index (χ3n) is 4.49.